The summed E-state index contributed by atoms with van der Waals surface area (Å²) in [5, 5.41) is 0. The predicted octanol–water partition coefficient (Wildman–Crippen LogP) is 3.89. The highest BCUT2D eigenvalue weighted by atomic mass is 32.2. The highest BCUT2D eigenvalue weighted by Crippen LogP contribution is 2.36. The molecule has 0 amide bonds. The molecule has 4 unspecified atom stereocenters. The van der Waals surface area contributed by atoms with Crippen LogP contribution in [0.3, 0.4) is 0 Å². The van der Waals surface area contributed by atoms with Gasteiger partial charge in [0.25, 0.3) is 10.1 Å². The van der Waals surface area contributed by atoms with Gasteiger partial charge in [-0.1, -0.05) is 27.7 Å². The SMILES string of the molecule is COCCCOc1cc(C(=O)C(CC(OS(C)(=O)=O)C2CC(C(C)C)C(=O)O2)C(C)C)ccc1OC. The van der Waals surface area contributed by atoms with Crippen molar-refractivity contribution in [2.24, 2.45) is 23.7 Å². The molecule has 0 spiro atoms. The topological polar surface area (TPSA) is 114 Å². The maximum Gasteiger partial charge on any atom is 0.309 e. The summed E-state index contributed by atoms with van der Waals surface area (Å²) < 4.78 is 51.3. The van der Waals surface area contributed by atoms with E-state index in [0.717, 1.165) is 6.26 Å². The van der Waals surface area contributed by atoms with E-state index >= 15 is 0 Å². The second-order valence-electron chi connectivity index (χ2n) is 9.91. The first kappa shape index (κ1) is 30.1. The molecular weight excluding hydrogens is 488 g/mol. The maximum atomic E-state index is 13.6. The van der Waals surface area contributed by atoms with Crippen LogP contribution in [0.1, 0.15) is 57.3 Å². The van der Waals surface area contributed by atoms with Crippen molar-refractivity contribution in [2.75, 3.05) is 33.7 Å². The molecule has 1 fully saturated rings. The average Bonchev–Trinajstić information content (AvgIpc) is 3.19. The molecule has 1 saturated heterocycles. The number of rotatable bonds is 15. The van der Waals surface area contributed by atoms with Gasteiger partial charge < -0.3 is 18.9 Å². The van der Waals surface area contributed by atoms with Crippen LogP contribution < -0.4 is 9.47 Å². The Morgan fingerprint density at radius 2 is 1.81 bits per heavy atom. The monoisotopic (exact) mass is 528 g/mol. The molecule has 1 aliphatic heterocycles. The minimum absolute atomic E-state index is 0.0468. The standard InChI is InChI=1S/C26H40O9S/c1-16(2)19(14-24(35-36(7,29)30)23-15-20(17(3)4)26(28)34-23)25(27)18-9-10-21(32-6)22(13-18)33-12-8-11-31-5/h9-10,13,16-17,19-20,23-24H,8,11-12,14-15H2,1-7H3. The number of ether oxygens (including phenoxy) is 4. The van der Waals surface area contributed by atoms with Crippen molar-refractivity contribution in [2.45, 2.75) is 59.2 Å². The third-order valence-corrected chi connectivity index (χ3v) is 7.00. The van der Waals surface area contributed by atoms with Crippen LogP contribution in [-0.2, 0) is 28.6 Å². The number of benzene rings is 1. The fourth-order valence-corrected chi connectivity index (χ4v) is 5.01. The lowest BCUT2D eigenvalue weighted by atomic mass is 9.81. The van der Waals surface area contributed by atoms with E-state index in [1.807, 2.05) is 27.7 Å². The van der Waals surface area contributed by atoms with Crippen LogP contribution in [0, 0.1) is 23.7 Å². The lowest BCUT2D eigenvalue weighted by Crippen LogP contribution is -2.36. The molecule has 9 nitrogen and oxygen atoms in total. The second-order valence-corrected chi connectivity index (χ2v) is 11.5. The fourth-order valence-electron chi connectivity index (χ4n) is 4.36. The van der Waals surface area contributed by atoms with Gasteiger partial charge in [0.15, 0.2) is 17.3 Å². The Hall–Kier alpha value is -2.17. The summed E-state index contributed by atoms with van der Waals surface area (Å²) in [6.07, 6.45) is 0.352. The quantitative estimate of drug-likeness (QED) is 0.145. The average molecular weight is 529 g/mol. The molecule has 0 aliphatic carbocycles. The van der Waals surface area contributed by atoms with Crippen LogP contribution in [0.2, 0.25) is 0 Å². The first-order valence-electron chi connectivity index (χ1n) is 12.3. The molecule has 0 radical (unpaired) electrons. The van der Waals surface area contributed by atoms with Crippen molar-refractivity contribution < 1.29 is 41.1 Å². The molecule has 0 N–H and O–H groups in total. The van der Waals surface area contributed by atoms with Crippen LogP contribution in [0.25, 0.3) is 0 Å². The number of carbonyl (C=O) groups excluding carboxylic acids is 2. The Balaban J connectivity index is 2.30. The van der Waals surface area contributed by atoms with Gasteiger partial charge in [-0.05, 0) is 36.5 Å². The molecule has 36 heavy (non-hydrogen) atoms. The van der Waals surface area contributed by atoms with Crippen molar-refractivity contribution in [1.29, 1.82) is 0 Å². The Kier molecular flexibility index (Phi) is 11.2. The van der Waals surface area contributed by atoms with E-state index in [0.29, 0.717) is 43.1 Å². The number of hydrogen-bond donors (Lipinski definition) is 0. The number of hydrogen-bond acceptors (Lipinski definition) is 9. The zero-order valence-electron chi connectivity index (χ0n) is 22.3. The number of Topliss-reactive ketones (excluding diaryl/α,β-unsaturated/α-hetero) is 1. The number of esters is 1. The zero-order valence-corrected chi connectivity index (χ0v) is 23.1. The van der Waals surface area contributed by atoms with Gasteiger partial charge in [0.05, 0.1) is 25.9 Å². The van der Waals surface area contributed by atoms with Crippen molar-refractivity contribution in [3.05, 3.63) is 23.8 Å². The van der Waals surface area contributed by atoms with Gasteiger partial charge in [-0.15, -0.1) is 0 Å². The number of carbonyl (C=O) groups is 2. The highest BCUT2D eigenvalue weighted by molar-refractivity contribution is 7.86. The zero-order chi connectivity index (χ0) is 27.0. The molecule has 4 atom stereocenters. The van der Waals surface area contributed by atoms with Gasteiger partial charge in [0.1, 0.15) is 12.2 Å². The molecule has 1 aromatic rings. The number of ketones is 1. The summed E-state index contributed by atoms with van der Waals surface area (Å²) in [5.74, 6) is -0.607. The molecule has 0 bridgehead atoms. The van der Waals surface area contributed by atoms with Gasteiger partial charge >= 0.3 is 5.97 Å². The maximum absolute atomic E-state index is 13.6. The smallest absolute Gasteiger partial charge is 0.309 e. The fraction of sp³-hybridized carbons (Fsp3) is 0.692. The third kappa shape index (κ3) is 8.45. The first-order valence-corrected chi connectivity index (χ1v) is 14.1. The Morgan fingerprint density at radius 1 is 1.11 bits per heavy atom. The highest BCUT2D eigenvalue weighted by Gasteiger charge is 2.43. The minimum Gasteiger partial charge on any atom is -0.493 e. The van der Waals surface area contributed by atoms with Crippen LogP contribution in [0.15, 0.2) is 18.2 Å². The van der Waals surface area contributed by atoms with E-state index in [2.05, 4.69) is 0 Å². The van der Waals surface area contributed by atoms with E-state index in [1.54, 1.807) is 25.3 Å². The van der Waals surface area contributed by atoms with Gasteiger partial charge in [-0.25, -0.2) is 0 Å². The number of cyclic esters (lactones) is 1. The molecule has 1 heterocycles. The van der Waals surface area contributed by atoms with Gasteiger partial charge in [-0.2, -0.15) is 8.42 Å². The Bertz CT molecular complexity index is 987. The second kappa shape index (κ2) is 13.4. The van der Waals surface area contributed by atoms with Crippen molar-refractivity contribution in [3.8, 4) is 11.5 Å². The molecule has 10 heteroatoms. The predicted molar refractivity (Wildman–Crippen MR) is 135 cm³/mol. The summed E-state index contributed by atoms with van der Waals surface area (Å²) in [4.78, 5) is 26.0. The van der Waals surface area contributed by atoms with Gasteiger partial charge in [0.2, 0.25) is 0 Å². The summed E-state index contributed by atoms with van der Waals surface area (Å²) in [6.45, 7) is 8.55. The van der Waals surface area contributed by atoms with E-state index in [9.17, 15) is 18.0 Å². The summed E-state index contributed by atoms with van der Waals surface area (Å²) >= 11 is 0. The molecule has 1 aromatic carbocycles. The molecule has 2 rings (SSSR count). The summed E-state index contributed by atoms with van der Waals surface area (Å²) in [5.41, 5.74) is 0.415. The first-order chi connectivity index (χ1) is 16.9. The van der Waals surface area contributed by atoms with E-state index < -0.39 is 28.2 Å². The molecule has 0 saturated carbocycles. The minimum atomic E-state index is -3.86. The Morgan fingerprint density at radius 3 is 2.33 bits per heavy atom. The van der Waals surface area contributed by atoms with E-state index in [4.69, 9.17) is 23.1 Å². The number of methoxy groups -OCH3 is 2. The van der Waals surface area contributed by atoms with Crippen molar-refractivity contribution >= 4 is 21.9 Å². The van der Waals surface area contributed by atoms with E-state index in [-0.39, 0.29) is 35.9 Å². The largest absolute Gasteiger partial charge is 0.493 e. The van der Waals surface area contributed by atoms with Gasteiger partial charge in [0, 0.05) is 38.0 Å². The molecule has 204 valence electrons. The Labute approximate surface area is 214 Å². The van der Waals surface area contributed by atoms with Crippen molar-refractivity contribution in [3.63, 3.8) is 0 Å². The van der Waals surface area contributed by atoms with Gasteiger partial charge in [-0.3, -0.25) is 13.8 Å². The lowest BCUT2D eigenvalue weighted by Gasteiger charge is -2.28. The van der Waals surface area contributed by atoms with Crippen LogP contribution >= 0.6 is 0 Å². The van der Waals surface area contributed by atoms with E-state index in [1.165, 1.54) is 7.11 Å². The molecule has 0 aromatic heterocycles. The van der Waals surface area contributed by atoms with Crippen LogP contribution in [0.5, 0.6) is 11.5 Å². The summed E-state index contributed by atoms with van der Waals surface area (Å²) in [6, 6.07) is 4.97. The van der Waals surface area contributed by atoms with Crippen molar-refractivity contribution in [1.82, 2.24) is 0 Å². The third-order valence-electron chi connectivity index (χ3n) is 6.40. The molecular formula is C26H40O9S. The normalized spacial score (nSPS) is 19.9. The lowest BCUT2D eigenvalue weighted by molar-refractivity contribution is -0.148. The molecule has 1 aliphatic rings. The summed E-state index contributed by atoms with van der Waals surface area (Å²) in [7, 11) is -0.721. The van der Waals surface area contributed by atoms with Crippen LogP contribution in [-0.4, -0.2) is 66.1 Å². The van der Waals surface area contributed by atoms with Crippen LogP contribution in [0.4, 0.5) is 0 Å².